The van der Waals surface area contributed by atoms with E-state index in [1.54, 1.807) is 10.9 Å². The van der Waals surface area contributed by atoms with Gasteiger partial charge in [-0.3, -0.25) is 9.48 Å². The number of nitrogens with zero attached hydrogens (tertiary/aromatic N) is 4. The second kappa shape index (κ2) is 10.6. The van der Waals surface area contributed by atoms with Gasteiger partial charge in [0.1, 0.15) is 11.9 Å². The van der Waals surface area contributed by atoms with Crippen molar-refractivity contribution >= 4 is 17.8 Å². The first-order chi connectivity index (χ1) is 16.3. The van der Waals surface area contributed by atoms with Crippen LogP contribution in [0, 0.1) is 5.92 Å². The second-order valence-corrected chi connectivity index (χ2v) is 10.7. The number of alkyl carbamates (subject to hydrolysis) is 1. The first-order valence-electron chi connectivity index (χ1n) is 12.6. The van der Waals surface area contributed by atoms with E-state index < -0.39 is 0 Å². The molecule has 2 N–H and O–H groups in total. The molecule has 0 atom stereocenters. The van der Waals surface area contributed by atoms with E-state index in [0.717, 1.165) is 18.5 Å². The van der Waals surface area contributed by atoms with Crippen molar-refractivity contribution in [1.82, 2.24) is 24.9 Å². The summed E-state index contributed by atoms with van der Waals surface area (Å²) in [6.07, 6.45) is 11.2. The van der Waals surface area contributed by atoms with Crippen molar-refractivity contribution < 1.29 is 14.3 Å². The van der Waals surface area contributed by atoms with Crippen LogP contribution in [-0.2, 0) is 21.6 Å². The molecule has 0 bridgehead atoms. The minimum Gasteiger partial charge on any atom is -0.446 e. The third kappa shape index (κ3) is 6.39. The van der Waals surface area contributed by atoms with Crippen LogP contribution >= 0.6 is 0 Å². The van der Waals surface area contributed by atoms with Gasteiger partial charge >= 0.3 is 6.09 Å². The van der Waals surface area contributed by atoms with E-state index in [4.69, 9.17) is 9.84 Å². The summed E-state index contributed by atoms with van der Waals surface area (Å²) < 4.78 is 9.22. The van der Waals surface area contributed by atoms with Gasteiger partial charge < -0.3 is 15.4 Å². The van der Waals surface area contributed by atoms with Crippen molar-refractivity contribution in [1.29, 1.82) is 0 Å². The van der Waals surface area contributed by atoms with E-state index in [0.29, 0.717) is 31.2 Å². The predicted molar refractivity (Wildman–Crippen MR) is 130 cm³/mol. The molecule has 9 nitrogen and oxygen atoms in total. The molecule has 2 fully saturated rings. The van der Waals surface area contributed by atoms with E-state index in [9.17, 15) is 9.59 Å². The van der Waals surface area contributed by atoms with Crippen LogP contribution < -0.4 is 10.6 Å². The normalized spacial score (nSPS) is 21.0. The fourth-order valence-electron chi connectivity index (χ4n) is 4.77. The first-order valence-corrected chi connectivity index (χ1v) is 12.6. The van der Waals surface area contributed by atoms with E-state index in [1.165, 1.54) is 32.1 Å². The molecule has 2 aromatic heterocycles. The molecular weight excluding hydrogens is 432 g/mol. The highest BCUT2D eigenvalue weighted by molar-refractivity contribution is 5.89. The summed E-state index contributed by atoms with van der Waals surface area (Å²) in [5, 5.41) is 14.9. The lowest BCUT2D eigenvalue weighted by Crippen LogP contribution is -2.38. The molecule has 186 valence electrons. The predicted octanol–water partition coefficient (Wildman–Crippen LogP) is 4.42. The number of hydrogen-bond acceptors (Lipinski definition) is 5. The Morgan fingerprint density at radius 2 is 1.94 bits per heavy atom. The van der Waals surface area contributed by atoms with Crippen LogP contribution in [0.5, 0.6) is 0 Å². The zero-order valence-corrected chi connectivity index (χ0v) is 20.6. The fraction of sp³-hybridized carbons (Fsp3) is 0.680. The molecule has 2 aromatic rings. The Labute approximate surface area is 201 Å². The van der Waals surface area contributed by atoms with Crippen molar-refractivity contribution in [3.8, 4) is 0 Å². The Morgan fingerprint density at radius 3 is 2.62 bits per heavy atom. The van der Waals surface area contributed by atoms with Crippen molar-refractivity contribution in [2.24, 2.45) is 5.92 Å². The number of aryl methyl sites for hydroxylation is 1. The number of carbonyl (C=O) groups is 2. The highest BCUT2D eigenvalue weighted by atomic mass is 16.6. The van der Waals surface area contributed by atoms with Gasteiger partial charge in [-0.25, -0.2) is 9.48 Å². The Morgan fingerprint density at radius 1 is 1.18 bits per heavy atom. The minimum atomic E-state index is -0.306. The summed E-state index contributed by atoms with van der Waals surface area (Å²) in [6.45, 7) is 7.43. The first kappa shape index (κ1) is 24.3. The largest absolute Gasteiger partial charge is 0.446 e. The summed E-state index contributed by atoms with van der Waals surface area (Å²) in [6, 6.07) is 3.80. The molecule has 2 amide bonds. The van der Waals surface area contributed by atoms with Crippen LogP contribution in [0.3, 0.4) is 0 Å². The van der Waals surface area contributed by atoms with Crippen LogP contribution in [0.4, 0.5) is 10.6 Å². The Bertz CT molecular complexity index is 950. The number of carbonyl (C=O) groups excluding carboxylic acids is 2. The summed E-state index contributed by atoms with van der Waals surface area (Å²) >= 11 is 0. The van der Waals surface area contributed by atoms with Crippen LogP contribution in [0.2, 0.25) is 0 Å². The zero-order valence-electron chi connectivity index (χ0n) is 20.6. The molecule has 4 rings (SSSR count). The van der Waals surface area contributed by atoms with Gasteiger partial charge in [0.05, 0.1) is 11.2 Å². The maximum absolute atomic E-state index is 12.5. The molecule has 0 unspecified atom stereocenters. The van der Waals surface area contributed by atoms with E-state index in [-0.39, 0.29) is 29.6 Å². The fourth-order valence-corrected chi connectivity index (χ4v) is 4.77. The molecule has 0 radical (unpaired) electrons. The SMILES string of the molecule is CC(C)(C)n1nc(C2CC(OC(=O)NCC3CCCCC3)C2)cc1NC(=O)CCn1cccn1. The van der Waals surface area contributed by atoms with E-state index in [2.05, 4.69) is 36.5 Å². The lowest BCUT2D eigenvalue weighted by atomic mass is 9.80. The lowest BCUT2D eigenvalue weighted by Gasteiger charge is -2.33. The number of nitrogens with one attached hydrogen (secondary N) is 2. The molecule has 9 heteroatoms. The van der Waals surface area contributed by atoms with Gasteiger partial charge in [0.2, 0.25) is 5.91 Å². The monoisotopic (exact) mass is 470 g/mol. The molecule has 0 spiro atoms. The van der Waals surface area contributed by atoms with Crippen molar-refractivity contribution in [2.45, 2.75) is 96.2 Å². The summed E-state index contributed by atoms with van der Waals surface area (Å²) in [7, 11) is 0. The third-order valence-electron chi connectivity index (χ3n) is 6.80. The number of hydrogen-bond donors (Lipinski definition) is 2. The molecule has 2 aliphatic carbocycles. The minimum absolute atomic E-state index is 0.0723. The maximum atomic E-state index is 12.5. The maximum Gasteiger partial charge on any atom is 0.407 e. The van der Waals surface area contributed by atoms with Crippen molar-refractivity contribution in [3.05, 3.63) is 30.2 Å². The van der Waals surface area contributed by atoms with Crippen LogP contribution in [0.25, 0.3) is 0 Å². The van der Waals surface area contributed by atoms with Gasteiger partial charge in [0, 0.05) is 43.9 Å². The standard InChI is InChI=1S/C25H38N6O3/c1-25(2,3)31-22(28-23(32)10-13-30-12-7-11-27-30)16-21(29-31)19-14-20(15-19)34-24(33)26-17-18-8-5-4-6-9-18/h7,11-12,16,18-20H,4-6,8-10,13-15,17H2,1-3H3,(H,26,33)(H,28,32). The van der Waals surface area contributed by atoms with Gasteiger partial charge in [-0.15, -0.1) is 0 Å². The summed E-state index contributed by atoms with van der Waals surface area (Å²) in [5.41, 5.74) is 0.654. The van der Waals surface area contributed by atoms with Gasteiger partial charge in [0.25, 0.3) is 0 Å². The van der Waals surface area contributed by atoms with Gasteiger partial charge in [-0.05, 0) is 58.4 Å². The number of aromatic nitrogens is 4. The molecule has 2 heterocycles. The molecule has 2 aliphatic rings. The molecular formula is C25H38N6O3. The highest BCUT2D eigenvalue weighted by Gasteiger charge is 2.36. The zero-order chi connectivity index (χ0) is 24.1. The number of ether oxygens (including phenoxy) is 1. The van der Waals surface area contributed by atoms with Crippen molar-refractivity contribution in [2.75, 3.05) is 11.9 Å². The van der Waals surface area contributed by atoms with E-state index >= 15 is 0 Å². The molecule has 34 heavy (non-hydrogen) atoms. The quantitative estimate of drug-likeness (QED) is 0.595. The Balaban J connectivity index is 1.27. The smallest absolute Gasteiger partial charge is 0.407 e. The Kier molecular flexibility index (Phi) is 7.58. The van der Waals surface area contributed by atoms with Gasteiger partial charge in [0.15, 0.2) is 0 Å². The highest BCUT2D eigenvalue weighted by Crippen LogP contribution is 2.39. The second-order valence-electron chi connectivity index (χ2n) is 10.7. The Hall–Kier alpha value is -2.84. The van der Waals surface area contributed by atoms with Gasteiger partial charge in [-0.1, -0.05) is 19.3 Å². The topological polar surface area (TPSA) is 103 Å². The number of amides is 2. The summed E-state index contributed by atoms with van der Waals surface area (Å²) in [5.74, 6) is 1.43. The van der Waals surface area contributed by atoms with Gasteiger partial charge in [-0.2, -0.15) is 10.2 Å². The average molecular weight is 471 g/mol. The summed E-state index contributed by atoms with van der Waals surface area (Å²) in [4.78, 5) is 24.7. The molecule has 0 aromatic carbocycles. The van der Waals surface area contributed by atoms with Crippen LogP contribution in [0.15, 0.2) is 24.5 Å². The average Bonchev–Trinajstić information content (AvgIpc) is 3.43. The molecule has 2 saturated carbocycles. The molecule has 0 aliphatic heterocycles. The van der Waals surface area contributed by atoms with Crippen molar-refractivity contribution in [3.63, 3.8) is 0 Å². The van der Waals surface area contributed by atoms with Crippen LogP contribution in [-0.4, -0.2) is 44.2 Å². The third-order valence-corrected chi connectivity index (χ3v) is 6.80. The lowest BCUT2D eigenvalue weighted by molar-refractivity contribution is -0.116. The molecule has 0 saturated heterocycles. The van der Waals surface area contributed by atoms with Crippen LogP contribution in [0.1, 0.15) is 83.7 Å². The van der Waals surface area contributed by atoms with E-state index in [1.807, 2.05) is 23.0 Å². The number of anilines is 1. The number of rotatable bonds is 8.